The van der Waals surface area contributed by atoms with Gasteiger partial charge in [-0.1, -0.05) is 19.1 Å². The average molecular weight is 246 g/mol. The van der Waals surface area contributed by atoms with Crippen LogP contribution >= 0.6 is 11.3 Å². The molecule has 1 N–H and O–H groups in total. The molecule has 2 aromatic rings. The van der Waals surface area contributed by atoms with Gasteiger partial charge in [0.25, 0.3) is 0 Å². The van der Waals surface area contributed by atoms with Crippen LogP contribution in [0, 0.1) is 6.92 Å². The first-order chi connectivity index (χ1) is 8.24. The van der Waals surface area contributed by atoms with Gasteiger partial charge < -0.3 is 5.32 Å². The lowest BCUT2D eigenvalue weighted by atomic mass is 10.1. The maximum absolute atomic E-state index is 4.62. The Morgan fingerprint density at radius 3 is 2.53 bits per heavy atom. The Hall–Kier alpha value is -1.35. The highest BCUT2D eigenvalue weighted by atomic mass is 32.1. The Bertz CT molecular complexity index is 485. The van der Waals surface area contributed by atoms with Crippen LogP contribution in [0.2, 0.25) is 0 Å². The van der Waals surface area contributed by atoms with Gasteiger partial charge in [-0.3, -0.25) is 0 Å². The number of rotatable bonds is 4. The molecule has 0 saturated carbocycles. The molecule has 0 fully saturated rings. The molecule has 0 saturated heterocycles. The zero-order valence-corrected chi connectivity index (χ0v) is 11.4. The minimum Gasteiger partial charge on any atom is -0.388 e. The average Bonchev–Trinajstić information content (AvgIpc) is 2.71. The fraction of sp³-hybridized carbons (Fsp3) is 0.357. The highest BCUT2D eigenvalue weighted by Gasteiger charge is 2.08. The number of hydrogen-bond acceptors (Lipinski definition) is 3. The molecule has 1 heterocycles. The molecule has 0 aliphatic carbocycles. The first-order valence-corrected chi connectivity index (χ1v) is 6.80. The Morgan fingerprint density at radius 1 is 1.24 bits per heavy atom. The van der Waals surface area contributed by atoms with E-state index >= 15 is 0 Å². The third-order valence-corrected chi connectivity index (χ3v) is 4.01. The van der Waals surface area contributed by atoms with Crippen molar-refractivity contribution in [2.75, 3.05) is 12.4 Å². The van der Waals surface area contributed by atoms with Gasteiger partial charge in [-0.25, -0.2) is 4.98 Å². The van der Waals surface area contributed by atoms with Gasteiger partial charge in [0.2, 0.25) is 0 Å². The number of nitrogens with zero attached hydrogens (tertiary/aromatic N) is 1. The maximum atomic E-state index is 4.62. The van der Waals surface area contributed by atoms with Crippen molar-refractivity contribution in [1.82, 2.24) is 4.98 Å². The first-order valence-electron chi connectivity index (χ1n) is 5.99. The van der Waals surface area contributed by atoms with Crippen LogP contribution < -0.4 is 5.32 Å². The van der Waals surface area contributed by atoms with E-state index in [1.807, 2.05) is 18.4 Å². The number of thiazole rings is 1. The molecule has 90 valence electrons. The Kier molecular flexibility index (Phi) is 3.79. The third kappa shape index (κ3) is 2.67. The molecule has 0 atom stereocenters. The summed E-state index contributed by atoms with van der Waals surface area (Å²) >= 11 is 1.82. The van der Waals surface area contributed by atoms with Crippen LogP contribution in [0.3, 0.4) is 0 Å². The predicted molar refractivity (Wildman–Crippen MR) is 75.8 cm³/mol. The van der Waals surface area contributed by atoms with Crippen LogP contribution in [-0.4, -0.2) is 12.0 Å². The minimum absolute atomic E-state index is 1.08. The summed E-state index contributed by atoms with van der Waals surface area (Å²) in [6.07, 6.45) is 2.24. The van der Waals surface area contributed by atoms with Crippen molar-refractivity contribution in [3.05, 3.63) is 35.0 Å². The van der Waals surface area contributed by atoms with Crippen LogP contribution in [-0.2, 0) is 6.42 Å². The van der Waals surface area contributed by atoms with Crippen molar-refractivity contribution < 1.29 is 0 Å². The molecule has 0 aliphatic heterocycles. The van der Waals surface area contributed by atoms with E-state index in [1.54, 1.807) is 0 Å². The second kappa shape index (κ2) is 5.32. The largest absolute Gasteiger partial charge is 0.388 e. The monoisotopic (exact) mass is 246 g/mol. The summed E-state index contributed by atoms with van der Waals surface area (Å²) in [5.74, 6) is 0. The van der Waals surface area contributed by atoms with Crippen molar-refractivity contribution in [2.45, 2.75) is 26.7 Å². The summed E-state index contributed by atoms with van der Waals surface area (Å²) in [7, 11) is 1.94. The maximum Gasteiger partial charge on any atom is 0.0934 e. The number of benzene rings is 1. The van der Waals surface area contributed by atoms with E-state index < -0.39 is 0 Å². The normalized spacial score (nSPS) is 10.5. The quantitative estimate of drug-likeness (QED) is 0.878. The van der Waals surface area contributed by atoms with Crippen LogP contribution in [0.25, 0.3) is 10.4 Å². The van der Waals surface area contributed by atoms with Gasteiger partial charge in [0, 0.05) is 12.7 Å². The molecule has 1 aromatic carbocycles. The van der Waals surface area contributed by atoms with E-state index in [0.717, 1.165) is 24.2 Å². The number of aryl methyl sites for hydroxylation is 2. The van der Waals surface area contributed by atoms with Crippen molar-refractivity contribution in [1.29, 1.82) is 0 Å². The van der Waals surface area contributed by atoms with Gasteiger partial charge in [0.15, 0.2) is 0 Å². The zero-order chi connectivity index (χ0) is 12.3. The lowest BCUT2D eigenvalue weighted by molar-refractivity contribution is 0.903. The lowest BCUT2D eigenvalue weighted by Gasteiger charge is -2.02. The number of hydrogen-bond donors (Lipinski definition) is 1. The molecule has 0 radical (unpaired) electrons. The number of nitrogens with one attached hydrogen (secondary N) is 1. The van der Waals surface area contributed by atoms with Crippen LogP contribution in [0.4, 0.5) is 5.69 Å². The van der Waals surface area contributed by atoms with Crippen molar-refractivity contribution in [3.63, 3.8) is 0 Å². The number of aromatic nitrogens is 1. The molecule has 0 bridgehead atoms. The predicted octanol–water partition coefficient (Wildman–Crippen LogP) is 4.11. The Balaban J connectivity index is 2.31. The first kappa shape index (κ1) is 12.1. The highest BCUT2D eigenvalue weighted by Crippen LogP contribution is 2.31. The molecule has 2 rings (SSSR count). The van der Waals surface area contributed by atoms with E-state index in [9.17, 15) is 0 Å². The van der Waals surface area contributed by atoms with Gasteiger partial charge in [0.1, 0.15) is 0 Å². The Morgan fingerprint density at radius 2 is 1.94 bits per heavy atom. The molecular formula is C14H18N2S. The fourth-order valence-electron chi connectivity index (χ4n) is 1.83. The lowest BCUT2D eigenvalue weighted by Crippen LogP contribution is -1.86. The molecule has 1 aromatic heterocycles. The molecule has 0 spiro atoms. The van der Waals surface area contributed by atoms with E-state index in [4.69, 9.17) is 0 Å². The van der Waals surface area contributed by atoms with Crippen molar-refractivity contribution >= 4 is 17.0 Å². The zero-order valence-electron chi connectivity index (χ0n) is 10.6. The van der Waals surface area contributed by atoms with Gasteiger partial charge in [-0.2, -0.15) is 0 Å². The van der Waals surface area contributed by atoms with Gasteiger partial charge in [-0.15, -0.1) is 11.3 Å². The van der Waals surface area contributed by atoms with E-state index in [1.165, 1.54) is 15.4 Å². The second-order valence-corrected chi connectivity index (χ2v) is 5.18. The van der Waals surface area contributed by atoms with Crippen LogP contribution in [0.15, 0.2) is 24.3 Å². The molecule has 0 unspecified atom stereocenters. The SMILES string of the molecule is CCCc1nc(C)c(-c2ccc(NC)cc2)s1. The molecule has 0 amide bonds. The van der Waals surface area contributed by atoms with E-state index in [-0.39, 0.29) is 0 Å². The molecule has 3 heteroatoms. The Labute approximate surface area is 107 Å². The third-order valence-electron chi connectivity index (χ3n) is 2.74. The minimum atomic E-state index is 1.08. The molecule has 17 heavy (non-hydrogen) atoms. The summed E-state index contributed by atoms with van der Waals surface area (Å²) in [6.45, 7) is 4.29. The fourth-order valence-corrected chi connectivity index (χ4v) is 3.00. The summed E-state index contributed by atoms with van der Waals surface area (Å²) in [5.41, 5.74) is 3.56. The summed E-state index contributed by atoms with van der Waals surface area (Å²) < 4.78 is 0. The van der Waals surface area contributed by atoms with Crippen LogP contribution in [0.5, 0.6) is 0 Å². The van der Waals surface area contributed by atoms with Crippen molar-refractivity contribution in [2.24, 2.45) is 0 Å². The smallest absolute Gasteiger partial charge is 0.0934 e. The number of anilines is 1. The summed E-state index contributed by atoms with van der Waals surface area (Å²) in [5, 5.41) is 4.38. The second-order valence-electron chi connectivity index (χ2n) is 4.10. The summed E-state index contributed by atoms with van der Waals surface area (Å²) in [6, 6.07) is 8.52. The molecule has 2 nitrogen and oxygen atoms in total. The van der Waals surface area contributed by atoms with Gasteiger partial charge >= 0.3 is 0 Å². The van der Waals surface area contributed by atoms with E-state index in [2.05, 4.69) is 48.4 Å². The highest BCUT2D eigenvalue weighted by molar-refractivity contribution is 7.15. The van der Waals surface area contributed by atoms with Gasteiger partial charge in [-0.05, 0) is 37.5 Å². The van der Waals surface area contributed by atoms with Gasteiger partial charge in [0.05, 0.1) is 15.6 Å². The topological polar surface area (TPSA) is 24.9 Å². The summed E-state index contributed by atoms with van der Waals surface area (Å²) in [4.78, 5) is 5.92. The van der Waals surface area contributed by atoms with E-state index in [0.29, 0.717) is 0 Å². The van der Waals surface area contributed by atoms with Crippen molar-refractivity contribution in [3.8, 4) is 10.4 Å². The molecular weight excluding hydrogens is 228 g/mol. The van der Waals surface area contributed by atoms with Crippen LogP contribution in [0.1, 0.15) is 24.0 Å². The standard InChI is InChI=1S/C14H18N2S/c1-4-5-13-16-10(2)14(17-13)11-6-8-12(15-3)9-7-11/h6-9,15H,4-5H2,1-3H3. The molecule has 0 aliphatic rings.